The van der Waals surface area contributed by atoms with E-state index in [9.17, 15) is 4.79 Å². The van der Waals surface area contributed by atoms with Crippen LogP contribution in [0, 0.1) is 0 Å². The van der Waals surface area contributed by atoms with Gasteiger partial charge in [0.15, 0.2) is 17.8 Å². The first-order valence-corrected chi connectivity index (χ1v) is 8.64. The van der Waals surface area contributed by atoms with Gasteiger partial charge in [0.25, 0.3) is 0 Å². The minimum absolute atomic E-state index is 0.298. The molecule has 0 spiro atoms. The first-order chi connectivity index (χ1) is 12.1. The second-order valence-corrected chi connectivity index (χ2v) is 7.39. The monoisotopic (exact) mass is 364 g/mol. The topological polar surface area (TPSA) is 72.5 Å². The molecule has 8 heteroatoms. The number of hydrogen-bond acceptors (Lipinski definition) is 7. The van der Waals surface area contributed by atoms with Gasteiger partial charge in [-0.2, -0.15) is 0 Å². The number of benzene rings is 1. The zero-order valence-electron chi connectivity index (χ0n) is 16.1. The molecule has 1 aromatic rings. The highest BCUT2D eigenvalue weighted by Crippen LogP contribution is 2.39. The highest BCUT2D eigenvalue weighted by molar-refractivity contribution is 6.62. The molecule has 0 aliphatic carbocycles. The summed E-state index contributed by atoms with van der Waals surface area (Å²) in [6, 6.07) is 3.44. The molecule has 1 aromatic carbocycles. The molecular formula is C18H25BO7. The lowest BCUT2D eigenvalue weighted by Crippen LogP contribution is -2.41. The van der Waals surface area contributed by atoms with Crippen molar-refractivity contribution in [3.05, 3.63) is 17.7 Å². The minimum Gasteiger partial charge on any atom is -0.493 e. The van der Waals surface area contributed by atoms with Crippen molar-refractivity contribution in [1.29, 1.82) is 0 Å². The third-order valence-electron chi connectivity index (χ3n) is 5.01. The van der Waals surface area contributed by atoms with Crippen molar-refractivity contribution < 1.29 is 33.1 Å². The van der Waals surface area contributed by atoms with Crippen molar-refractivity contribution in [2.45, 2.75) is 52.1 Å². The van der Waals surface area contributed by atoms with Crippen molar-refractivity contribution in [3.63, 3.8) is 0 Å². The van der Waals surface area contributed by atoms with Crippen LogP contribution in [-0.4, -0.2) is 44.6 Å². The van der Waals surface area contributed by atoms with Crippen LogP contribution < -0.4 is 14.9 Å². The van der Waals surface area contributed by atoms with Gasteiger partial charge in [0.2, 0.25) is 0 Å². The highest BCUT2D eigenvalue weighted by Gasteiger charge is 2.53. The van der Waals surface area contributed by atoms with Crippen LogP contribution in [0.15, 0.2) is 12.1 Å². The van der Waals surface area contributed by atoms with Gasteiger partial charge in [-0.25, -0.2) is 0 Å². The second kappa shape index (κ2) is 6.85. The fourth-order valence-electron chi connectivity index (χ4n) is 2.90. The third kappa shape index (κ3) is 3.46. The molecule has 0 unspecified atom stereocenters. The van der Waals surface area contributed by atoms with E-state index < -0.39 is 30.6 Å². The van der Waals surface area contributed by atoms with Gasteiger partial charge in [0.05, 0.1) is 31.5 Å². The number of carbonyl (C=O) groups excluding carboxylic acids is 1. The Labute approximate surface area is 154 Å². The Morgan fingerprint density at radius 1 is 1.08 bits per heavy atom. The van der Waals surface area contributed by atoms with E-state index in [1.165, 1.54) is 14.0 Å². The van der Waals surface area contributed by atoms with Crippen LogP contribution in [0.5, 0.6) is 11.5 Å². The molecule has 142 valence electrons. The van der Waals surface area contributed by atoms with Crippen LogP contribution in [0.3, 0.4) is 0 Å². The molecule has 2 aliphatic rings. The van der Waals surface area contributed by atoms with Crippen LogP contribution in [0.4, 0.5) is 0 Å². The Bertz CT molecular complexity index is 679. The molecule has 7 nitrogen and oxygen atoms in total. The average Bonchev–Trinajstić information content (AvgIpc) is 3.13. The molecule has 0 radical (unpaired) electrons. The molecule has 2 heterocycles. The Kier molecular flexibility index (Phi) is 5.05. The van der Waals surface area contributed by atoms with Gasteiger partial charge in [-0.1, -0.05) is 0 Å². The molecule has 2 saturated heterocycles. The SMILES string of the molecule is COc1cc(C2OCCO2)c(B2OC(C)(C)C(C)(C)O2)cc1OC(C)=O. The fraction of sp³-hybridized carbons (Fsp3) is 0.611. The van der Waals surface area contributed by atoms with Crippen molar-refractivity contribution in [3.8, 4) is 11.5 Å². The summed E-state index contributed by atoms with van der Waals surface area (Å²) >= 11 is 0. The van der Waals surface area contributed by atoms with Gasteiger partial charge in [0.1, 0.15) is 0 Å². The smallest absolute Gasteiger partial charge is 0.493 e. The summed E-state index contributed by atoms with van der Waals surface area (Å²) in [5, 5.41) is 0. The molecule has 2 aliphatic heterocycles. The van der Waals surface area contributed by atoms with Crippen molar-refractivity contribution in [1.82, 2.24) is 0 Å². The number of ether oxygens (including phenoxy) is 4. The van der Waals surface area contributed by atoms with E-state index >= 15 is 0 Å². The number of methoxy groups -OCH3 is 1. The summed E-state index contributed by atoms with van der Waals surface area (Å²) in [5.74, 6) is 0.269. The van der Waals surface area contributed by atoms with E-state index in [0.29, 0.717) is 30.2 Å². The number of esters is 1. The Hall–Kier alpha value is -1.61. The maximum atomic E-state index is 11.5. The molecule has 0 aromatic heterocycles. The molecule has 2 fully saturated rings. The standard InChI is InChI=1S/C18H25BO7/c1-11(20)24-15-10-13(19-25-17(2,3)18(4,5)26-19)12(9-14(15)21-6)16-22-7-8-23-16/h9-10,16H,7-8H2,1-6H3. The van der Waals surface area contributed by atoms with E-state index in [-0.39, 0.29) is 0 Å². The van der Waals surface area contributed by atoms with Crippen LogP contribution >= 0.6 is 0 Å². The van der Waals surface area contributed by atoms with Crippen molar-refractivity contribution in [2.75, 3.05) is 20.3 Å². The fourth-order valence-corrected chi connectivity index (χ4v) is 2.90. The van der Waals surface area contributed by atoms with Crippen molar-refractivity contribution >= 4 is 18.6 Å². The summed E-state index contributed by atoms with van der Waals surface area (Å²) in [6.07, 6.45) is -0.552. The summed E-state index contributed by atoms with van der Waals surface area (Å²) in [6.45, 7) is 10.3. The van der Waals surface area contributed by atoms with Crippen LogP contribution in [0.1, 0.15) is 46.5 Å². The van der Waals surface area contributed by atoms with Gasteiger partial charge in [-0.3, -0.25) is 4.79 Å². The second-order valence-electron chi connectivity index (χ2n) is 7.39. The summed E-state index contributed by atoms with van der Waals surface area (Å²) in [7, 11) is 0.861. The highest BCUT2D eigenvalue weighted by atomic mass is 16.7. The van der Waals surface area contributed by atoms with Crippen molar-refractivity contribution in [2.24, 2.45) is 0 Å². The predicted molar refractivity (Wildman–Crippen MR) is 94.7 cm³/mol. The lowest BCUT2D eigenvalue weighted by Gasteiger charge is -2.32. The largest absolute Gasteiger partial charge is 0.495 e. The number of hydrogen-bond donors (Lipinski definition) is 0. The number of rotatable bonds is 4. The molecule has 0 amide bonds. The molecule has 0 atom stereocenters. The lowest BCUT2D eigenvalue weighted by molar-refractivity contribution is -0.132. The summed E-state index contributed by atoms with van der Waals surface area (Å²) in [4.78, 5) is 11.5. The molecule has 26 heavy (non-hydrogen) atoms. The molecule has 0 bridgehead atoms. The van der Waals surface area contributed by atoms with E-state index in [4.69, 9.17) is 28.3 Å². The number of carbonyl (C=O) groups is 1. The maximum absolute atomic E-state index is 11.5. The predicted octanol–water partition coefficient (Wildman–Crippen LogP) is 1.97. The zero-order valence-corrected chi connectivity index (χ0v) is 16.1. The Morgan fingerprint density at radius 2 is 1.65 bits per heavy atom. The van der Waals surface area contributed by atoms with Gasteiger partial charge >= 0.3 is 13.1 Å². The molecule has 0 saturated carbocycles. The van der Waals surface area contributed by atoms with Gasteiger partial charge in [0, 0.05) is 12.5 Å². The first kappa shape index (κ1) is 19.2. The van der Waals surface area contributed by atoms with Gasteiger partial charge in [-0.15, -0.1) is 0 Å². The van der Waals surface area contributed by atoms with E-state index in [1.54, 1.807) is 12.1 Å². The Balaban J connectivity index is 2.07. The quantitative estimate of drug-likeness (QED) is 0.459. The van der Waals surface area contributed by atoms with Gasteiger partial charge in [-0.05, 0) is 45.3 Å². The molecular weight excluding hydrogens is 339 g/mol. The minimum atomic E-state index is -0.650. The van der Waals surface area contributed by atoms with Crippen LogP contribution in [0.2, 0.25) is 0 Å². The van der Waals surface area contributed by atoms with E-state index in [2.05, 4.69) is 0 Å². The van der Waals surface area contributed by atoms with Crippen LogP contribution in [0.25, 0.3) is 0 Å². The summed E-state index contributed by atoms with van der Waals surface area (Å²) < 4.78 is 34.3. The lowest BCUT2D eigenvalue weighted by atomic mass is 9.75. The summed E-state index contributed by atoms with van der Waals surface area (Å²) in [5.41, 5.74) is 0.406. The van der Waals surface area contributed by atoms with Gasteiger partial charge < -0.3 is 28.3 Å². The zero-order chi connectivity index (χ0) is 19.1. The maximum Gasteiger partial charge on any atom is 0.495 e. The normalized spacial score (nSPS) is 21.8. The molecule has 3 rings (SSSR count). The Morgan fingerprint density at radius 3 is 2.15 bits per heavy atom. The average molecular weight is 364 g/mol. The van der Waals surface area contributed by atoms with Crippen LogP contribution in [-0.2, 0) is 23.6 Å². The molecule has 0 N–H and O–H groups in total. The first-order valence-electron chi connectivity index (χ1n) is 8.64. The van der Waals surface area contributed by atoms with E-state index in [1.807, 2.05) is 27.7 Å². The van der Waals surface area contributed by atoms with E-state index in [0.717, 1.165) is 5.56 Å². The third-order valence-corrected chi connectivity index (χ3v) is 5.01.